The molecule has 0 aliphatic heterocycles. The van der Waals surface area contributed by atoms with Crippen molar-refractivity contribution in [1.29, 1.82) is 0 Å². The number of rotatable bonds is 4. The van der Waals surface area contributed by atoms with Gasteiger partial charge in [0.2, 0.25) is 0 Å². The minimum absolute atomic E-state index is 0.127. The largest absolute Gasteiger partial charge is 0.392 e. The minimum atomic E-state index is -0.607. The third kappa shape index (κ3) is 3.62. The van der Waals surface area contributed by atoms with Crippen molar-refractivity contribution < 1.29 is 9.90 Å². The number of carbonyl (C=O) groups excluding carboxylic acids is 1. The third-order valence-electron chi connectivity index (χ3n) is 1.68. The van der Waals surface area contributed by atoms with Gasteiger partial charge in [0, 0.05) is 6.54 Å². The van der Waals surface area contributed by atoms with Crippen LogP contribution in [0.2, 0.25) is 5.02 Å². The van der Waals surface area contributed by atoms with Crippen molar-refractivity contribution in [3.63, 3.8) is 0 Å². The van der Waals surface area contributed by atoms with E-state index < -0.39 is 12.0 Å². The Morgan fingerprint density at radius 2 is 2.44 bits per heavy atom. The number of thioether (sulfide) groups is 1. The number of aliphatic hydroxyl groups is 1. The topological polar surface area (TPSA) is 75.1 Å². The molecule has 0 saturated carbocycles. The summed E-state index contributed by atoms with van der Waals surface area (Å²) in [6, 6.07) is 0. The molecule has 0 bridgehead atoms. The minimum Gasteiger partial charge on any atom is -0.392 e. The fourth-order valence-corrected chi connectivity index (χ4v) is 1.45. The molecular weight excluding hydrogens is 250 g/mol. The zero-order valence-electron chi connectivity index (χ0n) is 8.90. The molecule has 1 atom stereocenters. The van der Waals surface area contributed by atoms with Crippen LogP contribution in [0.5, 0.6) is 0 Å². The Morgan fingerprint density at radius 1 is 1.75 bits per heavy atom. The molecular formula is C9H12ClN3O2S. The van der Waals surface area contributed by atoms with Crippen LogP contribution in [0, 0.1) is 0 Å². The van der Waals surface area contributed by atoms with Crippen molar-refractivity contribution in [3.05, 3.63) is 16.9 Å². The maximum Gasteiger partial charge on any atom is 0.271 e. The molecule has 0 fully saturated rings. The Labute approximate surface area is 103 Å². The summed E-state index contributed by atoms with van der Waals surface area (Å²) in [6.07, 6.45) is 2.59. The number of hydrogen-bond acceptors (Lipinski definition) is 5. The first-order valence-electron chi connectivity index (χ1n) is 4.57. The molecule has 1 amide bonds. The summed E-state index contributed by atoms with van der Waals surface area (Å²) in [6.45, 7) is 1.74. The second kappa shape index (κ2) is 6.03. The van der Waals surface area contributed by atoms with Gasteiger partial charge in [0.05, 0.1) is 17.3 Å². The van der Waals surface area contributed by atoms with Gasteiger partial charge in [-0.05, 0) is 13.2 Å². The average molecular weight is 262 g/mol. The molecule has 5 nitrogen and oxygen atoms in total. The summed E-state index contributed by atoms with van der Waals surface area (Å²) in [5.41, 5.74) is 0.127. The fraction of sp³-hybridized carbons (Fsp3) is 0.444. The van der Waals surface area contributed by atoms with Gasteiger partial charge < -0.3 is 10.4 Å². The third-order valence-corrected chi connectivity index (χ3v) is 2.52. The normalized spacial score (nSPS) is 12.2. The van der Waals surface area contributed by atoms with E-state index in [0.29, 0.717) is 5.16 Å². The van der Waals surface area contributed by atoms with Crippen LogP contribution in [0.4, 0.5) is 0 Å². The molecule has 2 N–H and O–H groups in total. The van der Waals surface area contributed by atoms with E-state index in [4.69, 9.17) is 16.7 Å². The highest BCUT2D eigenvalue weighted by molar-refractivity contribution is 7.98. The van der Waals surface area contributed by atoms with Gasteiger partial charge in [0.1, 0.15) is 0 Å². The lowest BCUT2D eigenvalue weighted by Gasteiger charge is -2.07. The molecule has 1 heterocycles. The van der Waals surface area contributed by atoms with E-state index in [2.05, 4.69) is 15.3 Å². The predicted molar refractivity (Wildman–Crippen MR) is 62.8 cm³/mol. The van der Waals surface area contributed by atoms with E-state index in [0.717, 1.165) is 0 Å². The molecule has 16 heavy (non-hydrogen) atoms. The zero-order valence-corrected chi connectivity index (χ0v) is 10.5. The number of hydrogen-bond donors (Lipinski definition) is 2. The monoisotopic (exact) mass is 261 g/mol. The first-order chi connectivity index (χ1) is 7.54. The SMILES string of the molecule is CSc1ncc(Cl)c(C(=O)NC[C@H](C)O)n1. The standard InChI is InChI=1S/C9H12ClN3O2S/c1-5(14)3-11-8(15)7-6(10)4-12-9(13-7)16-2/h4-5,14H,3H2,1-2H3,(H,11,15)/t5-/m0/s1. The lowest BCUT2D eigenvalue weighted by atomic mass is 10.3. The van der Waals surface area contributed by atoms with Crippen LogP contribution in [0.25, 0.3) is 0 Å². The van der Waals surface area contributed by atoms with Gasteiger partial charge in [-0.2, -0.15) is 0 Å². The summed E-state index contributed by atoms with van der Waals surface area (Å²) < 4.78 is 0. The van der Waals surface area contributed by atoms with Crippen molar-refractivity contribution in [1.82, 2.24) is 15.3 Å². The van der Waals surface area contributed by atoms with Gasteiger partial charge >= 0.3 is 0 Å². The summed E-state index contributed by atoms with van der Waals surface area (Å²) >= 11 is 7.13. The maximum absolute atomic E-state index is 11.6. The van der Waals surface area contributed by atoms with Crippen LogP contribution in [0.3, 0.4) is 0 Å². The molecule has 0 radical (unpaired) electrons. The van der Waals surface area contributed by atoms with Crippen LogP contribution in [-0.4, -0.2) is 39.9 Å². The van der Waals surface area contributed by atoms with Crippen LogP contribution >= 0.6 is 23.4 Å². The summed E-state index contributed by atoms with van der Waals surface area (Å²) in [7, 11) is 0. The molecule has 0 saturated heterocycles. The molecule has 1 aromatic heterocycles. The quantitative estimate of drug-likeness (QED) is 0.624. The van der Waals surface area contributed by atoms with Crippen LogP contribution < -0.4 is 5.32 Å². The maximum atomic E-state index is 11.6. The van der Waals surface area contributed by atoms with Gasteiger partial charge in [-0.15, -0.1) is 0 Å². The molecule has 88 valence electrons. The zero-order chi connectivity index (χ0) is 12.1. The van der Waals surface area contributed by atoms with Gasteiger partial charge in [0.15, 0.2) is 10.9 Å². The van der Waals surface area contributed by atoms with Gasteiger partial charge in [0.25, 0.3) is 5.91 Å². The number of nitrogens with one attached hydrogen (secondary N) is 1. The lowest BCUT2D eigenvalue weighted by molar-refractivity contribution is 0.0918. The molecule has 1 rings (SSSR count). The van der Waals surface area contributed by atoms with E-state index in [1.165, 1.54) is 18.0 Å². The Bertz CT molecular complexity index is 387. The predicted octanol–water partition coefficient (Wildman–Crippen LogP) is 0.962. The smallest absolute Gasteiger partial charge is 0.271 e. The Kier molecular flexibility index (Phi) is 4.98. The van der Waals surface area contributed by atoms with Crippen molar-refractivity contribution in [2.75, 3.05) is 12.8 Å². The van der Waals surface area contributed by atoms with Gasteiger partial charge in [-0.25, -0.2) is 9.97 Å². The summed E-state index contributed by atoms with van der Waals surface area (Å²) in [4.78, 5) is 19.6. The highest BCUT2D eigenvalue weighted by atomic mass is 35.5. The highest BCUT2D eigenvalue weighted by Gasteiger charge is 2.14. The molecule has 0 unspecified atom stereocenters. The van der Waals surface area contributed by atoms with E-state index in [-0.39, 0.29) is 17.3 Å². The molecule has 0 aromatic carbocycles. The van der Waals surface area contributed by atoms with E-state index in [9.17, 15) is 4.79 Å². The van der Waals surface area contributed by atoms with Crippen molar-refractivity contribution in [2.24, 2.45) is 0 Å². The van der Waals surface area contributed by atoms with E-state index >= 15 is 0 Å². The number of aromatic nitrogens is 2. The molecule has 0 aliphatic rings. The van der Waals surface area contributed by atoms with Crippen LogP contribution in [0.15, 0.2) is 11.4 Å². The second-order valence-electron chi connectivity index (χ2n) is 3.11. The number of amides is 1. The number of carbonyl (C=O) groups is 1. The molecule has 7 heteroatoms. The molecule has 0 aliphatic carbocycles. The van der Waals surface area contributed by atoms with Crippen molar-refractivity contribution in [3.8, 4) is 0 Å². The Hall–Kier alpha value is -0.850. The Balaban J connectivity index is 2.81. The van der Waals surface area contributed by atoms with Crippen molar-refractivity contribution >= 4 is 29.3 Å². The van der Waals surface area contributed by atoms with E-state index in [1.807, 2.05) is 0 Å². The van der Waals surface area contributed by atoms with E-state index in [1.54, 1.807) is 13.2 Å². The number of nitrogens with zero attached hydrogens (tertiary/aromatic N) is 2. The summed E-state index contributed by atoms with van der Waals surface area (Å²) in [5.74, 6) is -0.413. The molecule has 0 spiro atoms. The van der Waals surface area contributed by atoms with Crippen LogP contribution in [-0.2, 0) is 0 Å². The molecule has 1 aromatic rings. The second-order valence-corrected chi connectivity index (χ2v) is 4.29. The number of halogens is 1. The lowest BCUT2D eigenvalue weighted by Crippen LogP contribution is -2.31. The highest BCUT2D eigenvalue weighted by Crippen LogP contribution is 2.16. The first kappa shape index (κ1) is 13.2. The van der Waals surface area contributed by atoms with Gasteiger partial charge in [-0.1, -0.05) is 23.4 Å². The van der Waals surface area contributed by atoms with Crippen LogP contribution in [0.1, 0.15) is 17.4 Å². The fourth-order valence-electron chi connectivity index (χ4n) is 0.933. The van der Waals surface area contributed by atoms with Crippen molar-refractivity contribution in [2.45, 2.75) is 18.2 Å². The summed E-state index contributed by atoms with van der Waals surface area (Å²) in [5, 5.41) is 12.2. The Morgan fingerprint density at radius 3 is 3.00 bits per heavy atom. The number of aliphatic hydroxyl groups excluding tert-OH is 1. The average Bonchev–Trinajstić information content (AvgIpc) is 2.26. The van der Waals surface area contributed by atoms with Gasteiger partial charge in [-0.3, -0.25) is 4.79 Å². The first-order valence-corrected chi connectivity index (χ1v) is 6.17.